The lowest BCUT2D eigenvalue weighted by Gasteiger charge is -2.39. The van der Waals surface area contributed by atoms with Gasteiger partial charge in [-0.25, -0.2) is 4.79 Å². The molecule has 0 spiro atoms. The average Bonchev–Trinajstić information content (AvgIpc) is 2.48. The first-order valence-corrected chi connectivity index (χ1v) is 7.57. The summed E-state index contributed by atoms with van der Waals surface area (Å²) < 4.78 is 0. The van der Waals surface area contributed by atoms with Crippen LogP contribution in [0.25, 0.3) is 0 Å². The molecule has 6 heteroatoms. The molecule has 0 aliphatic carbocycles. The Morgan fingerprint density at radius 1 is 1.30 bits per heavy atom. The van der Waals surface area contributed by atoms with Crippen molar-refractivity contribution in [3.63, 3.8) is 0 Å². The van der Waals surface area contributed by atoms with Crippen LogP contribution in [0.1, 0.15) is 39.0 Å². The smallest absolute Gasteiger partial charge is 0.317 e. The molecule has 2 amide bonds. The first kappa shape index (κ1) is 15.1. The van der Waals surface area contributed by atoms with Crippen LogP contribution in [0.3, 0.4) is 0 Å². The number of aliphatic carboxylic acids is 1. The standard InChI is InChI=1S/C14H25N3O3/c1-2-14(12(18)19)5-9-17(10-6-14)13(20)16-11-3-7-15-8-4-11/h11,15H,2-10H2,1H3,(H,16,20)(H,18,19). The van der Waals surface area contributed by atoms with E-state index in [1.54, 1.807) is 4.90 Å². The normalized spacial score (nSPS) is 23.4. The van der Waals surface area contributed by atoms with E-state index in [0.29, 0.717) is 32.4 Å². The second kappa shape index (κ2) is 6.43. The molecular weight excluding hydrogens is 258 g/mol. The van der Waals surface area contributed by atoms with Crippen LogP contribution < -0.4 is 10.6 Å². The zero-order valence-electron chi connectivity index (χ0n) is 12.2. The minimum atomic E-state index is -0.724. The summed E-state index contributed by atoms with van der Waals surface area (Å²) in [6.45, 7) is 4.89. The highest BCUT2D eigenvalue weighted by atomic mass is 16.4. The van der Waals surface area contributed by atoms with Gasteiger partial charge in [-0.1, -0.05) is 6.92 Å². The van der Waals surface area contributed by atoms with Gasteiger partial charge < -0.3 is 20.6 Å². The van der Waals surface area contributed by atoms with Crippen molar-refractivity contribution in [1.29, 1.82) is 0 Å². The number of urea groups is 1. The number of nitrogens with one attached hydrogen (secondary N) is 2. The van der Waals surface area contributed by atoms with Gasteiger partial charge in [-0.3, -0.25) is 4.79 Å². The zero-order chi connectivity index (χ0) is 14.6. The molecule has 2 heterocycles. The quantitative estimate of drug-likeness (QED) is 0.722. The van der Waals surface area contributed by atoms with Gasteiger partial charge in [0.15, 0.2) is 0 Å². The number of hydrogen-bond donors (Lipinski definition) is 3. The molecule has 6 nitrogen and oxygen atoms in total. The van der Waals surface area contributed by atoms with Crippen LogP contribution in [-0.2, 0) is 4.79 Å². The Kier molecular flexibility index (Phi) is 4.86. The first-order chi connectivity index (χ1) is 9.57. The summed E-state index contributed by atoms with van der Waals surface area (Å²) in [5.41, 5.74) is -0.633. The molecule has 0 unspecified atom stereocenters. The third kappa shape index (κ3) is 3.23. The Balaban J connectivity index is 1.83. The predicted octanol–water partition coefficient (Wildman–Crippen LogP) is 1.02. The van der Waals surface area contributed by atoms with Crippen molar-refractivity contribution in [2.75, 3.05) is 26.2 Å². The molecule has 0 bridgehead atoms. The van der Waals surface area contributed by atoms with Gasteiger partial charge in [-0.15, -0.1) is 0 Å². The molecule has 114 valence electrons. The molecule has 3 N–H and O–H groups in total. The Labute approximate surface area is 119 Å². The molecule has 2 saturated heterocycles. The van der Waals surface area contributed by atoms with E-state index in [2.05, 4.69) is 10.6 Å². The summed E-state index contributed by atoms with van der Waals surface area (Å²) in [6.07, 6.45) is 3.67. The van der Waals surface area contributed by atoms with E-state index in [1.807, 2.05) is 6.92 Å². The predicted molar refractivity (Wildman–Crippen MR) is 75.6 cm³/mol. The molecule has 20 heavy (non-hydrogen) atoms. The van der Waals surface area contributed by atoms with E-state index in [9.17, 15) is 14.7 Å². The molecule has 0 radical (unpaired) electrons. The van der Waals surface area contributed by atoms with Gasteiger partial charge in [-0.2, -0.15) is 0 Å². The summed E-state index contributed by atoms with van der Waals surface area (Å²) in [5, 5.41) is 15.7. The number of carbonyl (C=O) groups excluding carboxylic acids is 1. The monoisotopic (exact) mass is 283 g/mol. The van der Waals surface area contributed by atoms with Gasteiger partial charge in [0.1, 0.15) is 0 Å². The van der Waals surface area contributed by atoms with E-state index in [-0.39, 0.29) is 12.1 Å². The molecular formula is C14H25N3O3. The summed E-state index contributed by atoms with van der Waals surface area (Å²) in [4.78, 5) is 25.3. The van der Waals surface area contributed by atoms with E-state index in [1.165, 1.54) is 0 Å². The van der Waals surface area contributed by atoms with Crippen molar-refractivity contribution in [1.82, 2.24) is 15.5 Å². The van der Waals surface area contributed by atoms with E-state index in [0.717, 1.165) is 25.9 Å². The van der Waals surface area contributed by atoms with Crippen molar-refractivity contribution < 1.29 is 14.7 Å². The number of amides is 2. The Morgan fingerprint density at radius 2 is 1.90 bits per heavy atom. The lowest BCUT2D eigenvalue weighted by Crippen LogP contribution is -2.52. The molecule has 0 aromatic heterocycles. The average molecular weight is 283 g/mol. The maximum atomic E-state index is 12.2. The summed E-state index contributed by atoms with van der Waals surface area (Å²) in [6, 6.07) is 0.216. The van der Waals surface area contributed by atoms with Gasteiger partial charge in [0, 0.05) is 19.1 Å². The minimum Gasteiger partial charge on any atom is -0.481 e. The fraction of sp³-hybridized carbons (Fsp3) is 0.857. The van der Waals surface area contributed by atoms with Crippen molar-refractivity contribution >= 4 is 12.0 Å². The SMILES string of the molecule is CCC1(C(=O)O)CCN(C(=O)NC2CCNCC2)CC1. The summed E-state index contributed by atoms with van der Waals surface area (Å²) >= 11 is 0. The van der Waals surface area contributed by atoms with Gasteiger partial charge in [0.05, 0.1) is 5.41 Å². The fourth-order valence-corrected chi connectivity index (χ4v) is 3.09. The van der Waals surface area contributed by atoms with Gasteiger partial charge in [-0.05, 0) is 45.2 Å². The van der Waals surface area contributed by atoms with Gasteiger partial charge >= 0.3 is 12.0 Å². The van der Waals surface area contributed by atoms with E-state index in [4.69, 9.17) is 0 Å². The lowest BCUT2D eigenvalue weighted by molar-refractivity contribution is -0.151. The number of carboxylic acid groups (broad SMARTS) is 1. The molecule has 0 aromatic carbocycles. The van der Waals surface area contributed by atoms with Crippen LogP contribution in [0.4, 0.5) is 4.79 Å². The Bertz CT molecular complexity index is 359. The van der Waals surface area contributed by atoms with Crippen molar-refractivity contribution in [3.8, 4) is 0 Å². The number of carboxylic acids is 1. The fourth-order valence-electron chi connectivity index (χ4n) is 3.09. The molecule has 2 aliphatic heterocycles. The Morgan fingerprint density at radius 3 is 2.40 bits per heavy atom. The largest absolute Gasteiger partial charge is 0.481 e. The summed E-state index contributed by atoms with van der Waals surface area (Å²) in [5.74, 6) is -0.724. The number of carbonyl (C=O) groups is 2. The molecule has 0 saturated carbocycles. The van der Waals surface area contributed by atoms with Gasteiger partial charge in [0.2, 0.25) is 0 Å². The zero-order valence-corrected chi connectivity index (χ0v) is 12.2. The maximum absolute atomic E-state index is 12.2. The topological polar surface area (TPSA) is 81.7 Å². The number of hydrogen-bond acceptors (Lipinski definition) is 3. The van der Waals surface area contributed by atoms with Crippen LogP contribution >= 0.6 is 0 Å². The molecule has 0 atom stereocenters. The van der Waals surface area contributed by atoms with Crippen LogP contribution in [0.5, 0.6) is 0 Å². The van der Waals surface area contributed by atoms with Crippen LogP contribution in [0, 0.1) is 5.41 Å². The Hall–Kier alpha value is -1.30. The van der Waals surface area contributed by atoms with Crippen molar-refractivity contribution in [2.45, 2.75) is 45.1 Å². The minimum absolute atomic E-state index is 0.0352. The summed E-state index contributed by atoms with van der Waals surface area (Å²) in [7, 11) is 0. The van der Waals surface area contributed by atoms with E-state index >= 15 is 0 Å². The van der Waals surface area contributed by atoms with Crippen LogP contribution in [0.2, 0.25) is 0 Å². The van der Waals surface area contributed by atoms with Crippen LogP contribution in [-0.4, -0.2) is 54.2 Å². The van der Waals surface area contributed by atoms with Crippen molar-refractivity contribution in [2.24, 2.45) is 5.41 Å². The molecule has 0 aromatic rings. The third-order valence-corrected chi connectivity index (χ3v) is 4.80. The highest BCUT2D eigenvalue weighted by Crippen LogP contribution is 2.35. The second-order valence-electron chi connectivity index (χ2n) is 5.90. The number of nitrogens with zero attached hydrogens (tertiary/aromatic N) is 1. The third-order valence-electron chi connectivity index (χ3n) is 4.80. The maximum Gasteiger partial charge on any atom is 0.317 e. The highest BCUT2D eigenvalue weighted by molar-refractivity contribution is 5.77. The highest BCUT2D eigenvalue weighted by Gasteiger charge is 2.40. The lowest BCUT2D eigenvalue weighted by atomic mass is 9.76. The van der Waals surface area contributed by atoms with Crippen molar-refractivity contribution in [3.05, 3.63) is 0 Å². The van der Waals surface area contributed by atoms with Gasteiger partial charge in [0.25, 0.3) is 0 Å². The number of piperidine rings is 2. The second-order valence-corrected chi connectivity index (χ2v) is 5.90. The first-order valence-electron chi connectivity index (χ1n) is 7.57. The van der Waals surface area contributed by atoms with E-state index < -0.39 is 11.4 Å². The molecule has 2 fully saturated rings. The van der Waals surface area contributed by atoms with Crippen LogP contribution in [0.15, 0.2) is 0 Å². The number of rotatable bonds is 3. The molecule has 2 rings (SSSR count). The number of likely N-dealkylation sites (tertiary alicyclic amines) is 1. The molecule has 2 aliphatic rings.